The van der Waals surface area contributed by atoms with Crippen molar-refractivity contribution >= 4 is 11.8 Å². The number of methoxy groups -OCH3 is 1. The molecule has 0 saturated carbocycles. The SMILES string of the molecule is COCCCNCCSc1cc(C)ccc1C. The molecular weight excluding hydrogens is 230 g/mol. The Morgan fingerprint density at radius 2 is 2.06 bits per heavy atom. The van der Waals surface area contributed by atoms with E-state index in [2.05, 4.69) is 37.4 Å². The van der Waals surface area contributed by atoms with Gasteiger partial charge in [0.05, 0.1) is 0 Å². The van der Waals surface area contributed by atoms with Crippen LogP contribution in [-0.2, 0) is 4.74 Å². The smallest absolute Gasteiger partial charge is 0.0474 e. The summed E-state index contributed by atoms with van der Waals surface area (Å²) in [4.78, 5) is 1.41. The van der Waals surface area contributed by atoms with Crippen LogP contribution in [0.15, 0.2) is 23.1 Å². The van der Waals surface area contributed by atoms with E-state index in [9.17, 15) is 0 Å². The molecule has 2 nitrogen and oxygen atoms in total. The summed E-state index contributed by atoms with van der Waals surface area (Å²) in [6.07, 6.45) is 1.09. The fourth-order valence-corrected chi connectivity index (χ4v) is 2.59. The fraction of sp³-hybridized carbons (Fsp3) is 0.571. The number of rotatable bonds is 8. The van der Waals surface area contributed by atoms with E-state index in [0.717, 1.165) is 31.9 Å². The maximum absolute atomic E-state index is 5.00. The van der Waals surface area contributed by atoms with Crippen LogP contribution in [0.2, 0.25) is 0 Å². The van der Waals surface area contributed by atoms with Gasteiger partial charge in [-0.05, 0) is 38.4 Å². The Bertz CT molecular complexity index is 328. The van der Waals surface area contributed by atoms with Crippen LogP contribution in [0, 0.1) is 13.8 Å². The summed E-state index contributed by atoms with van der Waals surface area (Å²) in [6.45, 7) is 7.26. The highest BCUT2D eigenvalue weighted by Gasteiger charge is 1.99. The Labute approximate surface area is 109 Å². The maximum Gasteiger partial charge on any atom is 0.0474 e. The predicted molar refractivity (Wildman–Crippen MR) is 76.0 cm³/mol. The quantitative estimate of drug-likeness (QED) is 0.568. The molecule has 0 amide bonds. The van der Waals surface area contributed by atoms with Gasteiger partial charge in [-0.15, -0.1) is 11.8 Å². The third-order valence-corrected chi connectivity index (χ3v) is 3.74. The Balaban J connectivity index is 2.15. The van der Waals surface area contributed by atoms with Crippen LogP contribution >= 0.6 is 11.8 Å². The molecule has 17 heavy (non-hydrogen) atoms. The summed E-state index contributed by atoms with van der Waals surface area (Å²) in [6, 6.07) is 6.64. The van der Waals surface area contributed by atoms with Crippen molar-refractivity contribution in [3.05, 3.63) is 29.3 Å². The lowest BCUT2D eigenvalue weighted by atomic mass is 10.2. The van der Waals surface area contributed by atoms with Crippen molar-refractivity contribution in [3.8, 4) is 0 Å². The number of nitrogens with one attached hydrogen (secondary N) is 1. The third kappa shape index (κ3) is 6.10. The standard InChI is InChI=1S/C14H23NOS/c1-12-5-6-13(2)14(11-12)17-10-8-15-7-4-9-16-3/h5-6,11,15H,4,7-10H2,1-3H3. The Hall–Kier alpha value is -0.510. The van der Waals surface area contributed by atoms with Gasteiger partial charge in [0, 0.05) is 30.9 Å². The second-order valence-electron chi connectivity index (χ2n) is 4.21. The van der Waals surface area contributed by atoms with Crippen molar-refractivity contribution in [1.82, 2.24) is 5.32 Å². The van der Waals surface area contributed by atoms with E-state index in [1.54, 1.807) is 7.11 Å². The molecule has 96 valence electrons. The highest BCUT2D eigenvalue weighted by atomic mass is 32.2. The van der Waals surface area contributed by atoms with Crippen LogP contribution in [0.1, 0.15) is 17.5 Å². The molecule has 0 unspecified atom stereocenters. The lowest BCUT2D eigenvalue weighted by Gasteiger charge is -2.07. The molecule has 3 heteroatoms. The molecule has 0 atom stereocenters. The second-order valence-corrected chi connectivity index (χ2v) is 5.35. The van der Waals surface area contributed by atoms with E-state index in [-0.39, 0.29) is 0 Å². The van der Waals surface area contributed by atoms with Gasteiger partial charge in [0.2, 0.25) is 0 Å². The van der Waals surface area contributed by atoms with Crippen LogP contribution in [0.3, 0.4) is 0 Å². The molecule has 1 aromatic carbocycles. The van der Waals surface area contributed by atoms with Crippen LogP contribution < -0.4 is 5.32 Å². The maximum atomic E-state index is 5.00. The highest BCUT2D eigenvalue weighted by molar-refractivity contribution is 7.99. The van der Waals surface area contributed by atoms with Crippen LogP contribution in [0.4, 0.5) is 0 Å². The number of hydrogen-bond acceptors (Lipinski definition) is 3. The van der Waals surface area contributed by atoms with Gasteiger partial charge in [0.15, 0.2) is 0 Å². The minimum atomic E-state index is 0.844. The van der Waals surface area contributed by atoms with Crippen LogP contribution in [0.25, 0.3) is 0 Å². The molecule has 0 aliphatic heterocycles. The molecule has 0 bridgehead atoms. The minimum Gasteiger partial charge on any atom is -0.385 e. The molecule has 0 aliphatic rings. The Morgan fingerprint density at radius 3 is 2.82 bits per heavy atom. The summed E-state index contributed by atoms with van der Waals surface area (Å²) >= 11 is 1.93. The summed E-state index contributed by atoms with van der Waals surface area (Å²) < 4.78 is 5.00. The monoisotopic (exact) mass is 253 g/mol. The summed E-state index contributed by atoms with van der Waals surface area (Å²) in [5.41, 5.74) is 2.71. The van der Waals surface area contributed by atoms with E-state index in [0.29, 0.717) is 0 Å². The zero-order chi connectivity index (χ0) is 12.5. The van der Waals surface area contributed by atoms with Crippen LogP contribution in [-0.4, -0.2) is 32.6 Å². The topological polar surface area (TPSA) is 21.3 Å². The lowest BCUT2D eigenvalue weighted by molar-refractivity contribution is 0.194. The van der Waals surface area contributed by atoms with E-state index in [1.807, 2.05) is 11.8 Å². The molecular formula is C14H23NOS. The lowest BCUT2D eigenvalue weighted by Crippen LogP contribution is -2.19. The predicted octanol–water partition coefficient (Wildman–Crippen LogP) is 3.02. The van der Waals surface area contributed by atoms with Gasteiger partial charge in [0.1, 0.15) is 0 Å². The van der Waals surface area contributed by atoms with Crippen molar-refractivity contribution in [3.63, 3.8) is 0 Å². The second kappa shape index (κ2) is 8.56. The summed E-state index contributed by atoms with van der Waals surface area (Å²) in [7, 11) is 1.75. The largest absolute Gasteiger partial charge is 0.385 e. The molecule has 0 aliphatic carbocycles. The van der Waals surface area contributed by atoms with Crippen molar-refractivity contribution in [2.75, 3.05) is 32.6 Å². The van der Waals surface area contributed by atoms with E-state index >= 15 is 0 Å². The molecule has 0 aromatic heterocycles. The molecule has 1 N–H and O–H groups in total. The zero-order valence-electron chi connectivity index (χ0n) is 11.1. The first kappa shape index (κ1) is 14.6. The minimum absolute atomic E-state index is 0.844. The van der Waals surface area contributed by atoms with Crippen molar-refractivity contribution in [2.45, 2.75) is 25.2 Å². The molecule has 0 saturated heterocycles. The normalized spacial score (nSPS) is 10.8. The van der Waals surface area contributed by atoms with E-state index in [4.69, 9.17) is 4.74 Å². The highest BCUT2D eigenvalue weighted by Crippen LogP contribution is 2.22. The molecule has 0 heterocycles. The van der Waals surface area contributed by atoms with Gasteiger partial charge in [0.25, 0.3) is 0 Å². The Kier molecular flexibility index (Phi) is 7.33. The first-order valence-corrected chi connectivity index (χ1v) is 7.12. The van der Waals surface area contributed by atoms with Gasteiger partial charge >= 0.3 is 0 Å². The third-order valence-electron chi connectivity index (χ3n) is 2.58. The number of ether oxygens (including phenoxy) is 1. The number of aryl methyl sites for hydroxylation is 2. The molecule has 1 aromatic rings. The van der Waals surface area contributed by atoms with E-state index < -0.39 is 0 Å². The number of thioether (sulfide) groups is 1. The van der Waals surface area contributed by atoms with Gasteiger partial charge in [-0.3, -0.25) is 0 Å². The van der Waals surface area contributed by atoms with Gasteiger partial charge < -0.3 is 10.1 Å². The van der Waals surface area contributed by atoms with Gasteiger partial charge in [-0.2, -0.15) is 0 Å². The van der Waals surface area contributed by atoms with E-state index in [1.165, 1.54) is 16.0 Å². The van der Waals surface area contributed by atoms with Crippen molar-refractivity contribution in [1.29, 1.82) is 0 Å². The first-order valence-electron chi connectivity index (χ1n) is 6.13. The number of benzene rings is 1. The average molecular weight is 253 g/mol. The Morgan fingerprint density at radius 1 is 1.24 bits per heavy atom. The van der Waals surface area contributed by atoms with Crippen molar-refractivity contribution in [2.24, 2.45) is 0 Å². The number of hydrogen-bond donors (Lipinski definition) is 1. The average Bonchev–Trinajstić information content (AvgIpc) is 2.32. The molecule has 0 fully saturated rings. The first-order chi connectivity index (χ1) is 8.24. The summed E-state index contributed by atoms with van der Waals surface area (Å²) in [5.74, 6) is 1.12. The van der Waals surface area contributed by atoms with Gasteiger partial charge in [-0.1, -0.05) is 17.7 Å². The van der Waals surface area contributed by atoms with Crippen molar-refractivity contribution < 1.29 is 4.74 Å². The fourth-order valence-electron chi connectivity index (χ4n) is 1.56. The summed E-state index contributed by atoms with van der Waals surface area (Å²) in [5, 5.41) is 3.42. The molecule has 1 rings (SSSR count). The molecule has 0 radical (unpaired) electrons. The van der Waals surface area contributed by atoms with Crippen LogP contribution in [0.5, 0.6) is 0 Å². The molecule has 0 spiro atoms. The van der Waals surface area contributed by atoms with Gasteiger partial charge in [-0.25, -0.2) is 0 Å². The zero-order valence-corrected chi connectivity index (χ0v) is 11.9.